The maximum absolute atomic E-state index is 13.2. The molecule has 2 heterocycles. The number of nitrogens with one attached hydrogen (secondary N) is 2. The van der Waals surface area contributed by atoms with Gasteiger partial charge in [-0.15, -0.1) is 0 Å². The summed E-state index contributed by atoms with van der Waals surface area (Å²) in [4.78, 5) is 26.3. The Labute approximate surface area is 189 Å². The van der Waals surface area contributed by atoms with Gasteiger partial charge in [-0.25, -0.2) is 8.42 Å². The molecular weight excluding hydrogens is 452 g/mol. The van der Waals surface area contributed by atoms with Crippen LogP contribution in [0.3, 0.4) is 0 Å². The highest BCUT2D eigenvalue weighted by atomic mass is 32.2. The van der Waals surface area contributed by atoms with E-state index >= 15 is 0 Å². The molecule has 12 heteroatoms. The summed E-state index contributed by atoms with van der Waals surface area (Å²) in [6, 6.07) is 8.56. The standard InChI is InChI=1S/C21H22N4O7S/c1-2-32-19-6-3-14(11-20(19)33(29,30)24-7-9-31-10-8-24)23-21(26)17-13-22-18-5-4-15(25(27)28)12-16(17)18/h3-6,11-13,22H,2,7-10H2,1H3,(H,23,26). The molecule has 1 aliphatic heterocycles. The van der Waals surface area contributed by atoms with Gasteiger partial charge in [0.2, 0.25) is 10.0 Å². The number of carbonyl (C=O) groups excluding carboxylic acids is 1. The second-order valence-electron chi connectivity index (χ2n) is 7.25. The van der Waals surface area contributed by atoms with E-state index in [1.54, 1.807) is 13.0 Å². The van der Waals surface area contributed by atoms with Gasteiger partial charge in [-0.3, -0.25) is 14.9 Å². The Kier molecular flexibility index (Phi) is 6.31. The number of nitrogens with zero attached hydrogens (tertiary/aromatic N) is 2. The Morgan fingerprint density at radius 2 is 2.00 bits per heavy atom. The van der Waals surface area contributed by atoms with Gasteiger partial charge in [-0.1, -0.05) is 0 Å². The Bertz CT molecular complexity index is 1310. The van der Waals surface area contributed by atoms with Gasteiger partial charge in [0, 0.05) is 48.0 Å². The summed E-state index contributed by atoms with van der Waals surface area (Å²) >= 11 is 0. The van der Waals surface area contributed by atoms with Crippen LogP contribution in [-0.2, 0) is 14.8 Å². The molecule has 0 atom stereocenters. The summed E-state index contributed by atoms with van der Waals surface area (Å²) in [5.74, 6) is -0.356. The number of H-pyrrole nitrogens is 1. The van der Waals surface area contributed by atoms with Crippen molar-refractivity contribution in [3.05, 3.63) is 58.3 Å². The third-order valence-corrected chi connectivity index (χ3v) is 7.13. The molecule has 1 aliphatic rings. The fourth-order valence-electron chi connectivity index (χ4n) is 3.60. The second-order valence-corrected chi connectivity index (χ2v) is 9.16. The number of carbonyl (C=O) groups is 1. The minimum absolute atomic E-state index is 0.0568. The monoisotopic (exact) mass is 474 g/mol. The van der Waals surface area contributed by atoms with E-state index in [0.717, 1.165) is 0 Å². The van der Waals surface area contributed by atoms with Gasteiger partial charge in [-0.05, 0) is 31.2 Å². The minimum atomic E-state index is -3.88. The fourth-order valence-corrected chi connectivity index (χ4v) is 5.16. The number of anilines is 1. The van der Waals surface area contributed by atoms with Crippen molar-refractivity contribution in [3.63, 3.8) is 0 Å². The van der Waals surface area contributed by atoms with E-state index in [9.17, 15) is 23.3 Å². The fraction of sp³-hybridized carbons (Fsp3) is 0.286. The molecule has 33 heavy (non-hydrogen) atoms. The van der Waals surface area contributed by atoms with Crippen molar-refractivity contribution >= 4 is 38.2 Å². The number of aromatic amines is 1. The third-order valence-electron chi connectivity index (χ3n) is 5.21. The van der Waals surface area contributed by atoms with Crippen molar-refractivity contribution in [1.82, 2.24) is 9.29 Å². The number of benzene rings is 2. The molecule has 0 spiro atoms. The van der Waals surface area contributed by atoms with Crippen LogP contribution in [0.4, 0.5) is 11.4 Å². The highest BCUT2D eigenvalue weighted by molar-refractivity contribution is 7.89. The molecule has 0 unspecified atom stereocenters. The normalized spacial score (nSPS) is 14.8. The molecule has 4 rings (SSSR count). The first-order valence-corrected chi connectivity index (χ1v) is 11.7. The number of hydrogen-bond donors (Lipinski definition) is 2. The molecule has 1 saturated heterocycles. The number of amides is 1. The van der Waals surface area contributed by atoms with Gasteiger partial charge in [0.15, 0.2) is 0 Å². The third kappa shape index (κ3) is 4.53. The van der Waals surface area contributed by atoms with Gasteiger partial charge in [0.25, 0.3) is 11.6 Å². The number of nitro benzene ring substituents is 1. The maximum atomic E-state index is 13.2. The van der Waals surface area contributed by atoms with E-state index in [1.807, 2.05) is 0 Å². The first-order valence-electron chi connectivity index (χ1n) is 10.2. The lowest BCUT2D eigenvalue weighted by Gasteiger charge is -2.27. The number of nitro groups is 1. The summed E-state index contributed by atoms with van der Waals surface area (Å²) in [5.41, 5.74) is 0.861. The Balaban J connectivity index is 1.67. The number of sulfonamides is 1. The van der Waals surface area contributed by atoms with Crippen LogP contribution in [0, 0.1) is 10.1 Å². The van der Waals surface area contributed by atoms with Crippen LogP contribution in [0.25, 0.3) is 10.9 Å². The van der Waals surface area contributed by atoms with E-state index in [2.05, 4.69) is 10.3 Å². The van der Waals surface area contributed by atoms with Crippen LogP contribution >= 0.6 is 0 Å². The van der Waals surface area contributed by atoms with E-state index in [-0.39, 0.29) is 47.3 Å². The van der Waals surface area contributed by atoms with Crippen molar-refractivity contribution in [2.75, 3.05) is 38.2 Å². The predicted octanol–water partition coefficient (Wildman–Crippen LogP) is 2.75. The van der Waals surface area contributed by atoms with E-state index in [4.69, 9.17) is 9.47 Å². The molecule has 2 aromatic carbocycles. The topological polar surface area (TPSA) is 144 Å². The molecule has 11 nitrogen and oxygen atoms in total. The minimum Gasteiger partial charge on any atom is -0.492 e. The Morgan fingerprint density at radius 3 is 2.70 bits per heavy atom. The Morgan fingerprint density at radius 1 is 1.24 bits per heavy atom. The van der Waals surface area contributed by atoms with Crippen molar-refractivity contribution in [2.45, 2.75) is 11.8 Å². The molecule has 174 valence electrons. The van der Waals surface area contributed by atoms with E-state index < -0.39 is 20.9 Å². The highest BCUT2D eigenvalue weighted by Crippen LogP contribution is 2.31. The van der Waals surface area contributed by atoms with Crippen molar-refractivity contribution in [3.8, 4) is 5.75 Å². The number of ether oxygens (including phenoxy) is 2. The first-order chi connectivity index (χ1) is 15.8. The van der Waals surface area contributed by atoms with Crippen molar-refractivity contribution < 1.29 is 27.6 Å². The van der Waals surface area contributed by atoms with Gasteiger partial charge in [0.05, 0.1) is 30.3 Å². The second kappa shape index (κ2) is 9.17. The van der Waals surface area contributed by atoms with Gasteiger partial charge >= 0.3 is 0 Å². The van der Waals surface area contributed by atoms with Crippen LogP contribution in [0.2, 0.25) is 0 Å². The molecule has 0 radical (unpaired) electrons. The number of morpholine rings is 1. The van der Waals surface area contributed by atoms with Crippen LogP contribution in [0.5, 0.6) is 5.75 Å². The zero-order valence-corrected chi connectivity index (χ0v) is 18.6. The lowest BCUT2D eigenvalue weighted by Crippen LogP contribution is -2.40. The smallest absolute Gasteiger partial charge is 0.270 e. The van der Waals surface area contributed by atoms with Crippen molar-refractivity contribution in [2.24, 2.45) is 0 Å². The van der Waals surface area contributed by atoms with Crippen LogP contribution in [-0.4, -0.2) is 61.4 Å². The average molecular weight is 474 g/mol. The maximum Gasteiger partial charge on any atom is 0.270 e. The van der Waals surface area contributed by atoms with Crippen LogP contribution in [0.15, 0.2) is 47.5 Å². The zero-order chi connectivity index (χ0) is 23.6. The number of aromatic nitrogens is 1. The van der Waals surface area contributed by atoms with Crippen LogP contribution in [0.1, 0.15) is 17.3 Å². The summed E-state index contributed by atoms with van der Waals surface area (Å²) in [7, 11) is -3.88. The summed E-state index contributed by atoms with van der Waals surface area (Å²) in [5, 5.41) is 14.2. The van der Waals surface area contributed by atoms with Gasteiger partial charge in [0.1, 0.15) is 10.6 Å². The number of fused-ring (bicyclic) bond motifs is 1. The first kappa shape index (κ1) is 22.7. The van der Waals surface area contributed by atoms with Gasteiger partial charge < -0.3 is 19.8 Å². The summed E-state index contributed by atoms with van der Waals surface area (Å²) in [6.07, 6.45) is 1.45. The van der Waals surface area contributed by atoms with Crippen molar-refractivity contribution in [1.29, 1.82) is 0 Å². The van der Waals surface area contributed by atoms with E-state index in [0.29, 0.717) is 24.1 Å². The Hall–Kier alpha value is -3.48. The zero-order valence-electron chi connectivity index (χ0n) is 17.7. The lowest BCUT2D eigenvalue weighted by molar-refractivity contribution is -0.384. The highest BCUT2D eigenvalue weighted by Gasteiger charge is 2.30. The summed E-state index contributed by atoms with van der Waals surface area (Å²) < 4.78 is 38.6. The molecule has 0 saturated carbocycles. The molecule has 1 fully saturated rings. The van der Waals surface area contributed by atoms with Gasteiger partial charge in [-0.2, -0.15) is 4.31 Å². The molecule has 1 amide bonds. The molecular formula is C21H22N4O7S. The summed E-state index contributed by atoms with van der Waals surface area (Å²) in [6.45, 7) is 3.05. The van der Waals surface area contributed by atoms with E-state index in [1.165, 1.54) is 40.8 Å². The quantitative estimate of drug-likeness (QED) is 0.396. The largest absolute Gasteiger partial charge is 0.492 e. The number of rotatable bonds is 7. The average Bonchev–Trinajstić information content (AvgIpc) is 3.24. The number of non-ortho nitro benzene ring substituents is 1. The van der Waals surface area contributed by atoms with Crippen LogP contribution < -0.4 is 10.1 Å². The SMILES string of the molecule is CCOc1ccc(NC(=O)c2c[nH]c3ccc([N+](=O)[O-])cc23)cc1S(=O)(=O)N1CCOCC1. The predicted molar refractivity (Wildman–Crippen MR) is 120 cm³/mol. The number of hydrogen-bond acceptors (Lipinski definition) is 7. The molecule has 0 bridgehead atoms. The molecule has 2 N–H and O–H groups in total. The molecule has 1 aromatic heterocycles. The molecule has 3 aromatic rings. The molecule has 0 aliphatic carbocycles. The lowest BCUT2D eigenvalue weighted by atomic mass is 10.1.